The second-order valence-electron chi connectivity index (χ2n) is 6.06. The van der Waals surface area contributed by atoms with Gasteiger partial charge in [-0.05, 0) is 36.4 Å². The minimum absolute atomic E-state index is 0. The fourth-order valence-corrected chi connectivity index (χ4v) is 7.50. The maximum atomic E-state index is 12.7. The van der Waals surface area contributed by atoms with Gasteiger partial charge >= 0.3 is 29.6 Å². The van der Waals surface area contributed by atoms with Crippen molar-refractivity contribution in [1.82, 2.24) is 0 Å². The Balaban J connectivity index is 0.00000261. The summed E-state index contributed by atoms with van der Waals surface area (Å²) in [6.07, 6.45) is 0.465. The van der Waals surface area contributed by atoms with Gasteiger partial charge in [0.25, 0.3) is 0 Å². The summed E-state index contributed by atoms with van der Waals surface area (Å²) >= 11 is 0. The van der Waals surface area contributed by atoms with Gasteiger partial charge in [0.05, 0.1) is 0 Å². The van der Waals surface area contributed by atoms with Crippen molar-refractivity contribution < 1.29 is 44.1 Å². The van der Waals surface area contributed by atoms with Crippen LogP contribution in [0.25, 0.3) is 0 Å². The van der Waals surface area contributed by atoms with Crippen LogP contribution in [0.15, 0.2) is 91.0 Å². The van der Waals surface area contributed by atoms with Crippen LogP contribution in [0.5, 0.6) is 0 Å². The Morgan fingerprint density at radius 2 is 1.22 bits per heavy atom. The largest absolute Gasteiger partial charge is 1.00 e. The van der Waals surface area contributed by atoms with E-state index in [0.29, 0.717) is 11.7 Å². The molecule has 0 saturated heterocycles. The predicted molar refractivity (Wildman–Crippen MR) is 108 cm³/mol. The molecule has 0 amide bonds. The van der Waals surface area contributed by atoms with Gasteiger partial charge in [-0.2, -0.15) is 0 Å². The Hall–Kier alpha value is -0.760. The van der Waals surface area contributed by atoms with E-state index in [1.807, 2.05) is 60.7 Å². The van der Waals surface area contributed by atoms with E-state index in [1.165, 1.54) is 0 Å². The van der Waals surface area contributed by atoms with E-state index in [-0.39, 0.29) is 35.7 Å². The molecule has 0 aromatic heterocycles. The first-order valence-electron chi connectivity index (χ1n) is 8.48. The van der Waals surface area contributed by atoms with Gasteiger partial charge in [0.1, 0.15) is 5.85 Å². The van der Waals surface area contributed by atoms with E-state index in [9.17, 15) is 14.6 Å². The maximum Gasteiger partial charge on any atom is 1.00 e. The minimum atomic E-state index is -3.98. The van der Waals surface area contributed by atoms with Crippen molar-refractivity contribution >= 4 is 25.9 Å². The summed E-state index contributed by atoms with van der Waals surface area (Å²) in [5.74, 6) is -1.45. The number of aliphatic hydroxyl groups excluding tert-OH is 1. The van der Waals surface area contributed by atoms with E-state index >= 15 is 0 Å². The van der Waals surface area contributed by atoms with E-state index < -0.39 is 21.1 Å². The van der Waals surface area contributed by atoms with Crippen LogP contribution >= 0.6 is 15.3 Å². The van der Waals surface area contributed by atoms with Gasteiger partial charge < -0.3 is 14.6 Å². The summed E-state index contributed by atoms with van der Waals surface area (Å²) in [4.78, 5) is 12.7. The quantitative estimate of drug-likeness (QED) is 0.458. The van der Waals surface area contributed by atoms with Crippen molar-refractivity contribution in [1.29, 1.82) is 0 Å². The van der Waals surface area contributed by atoms with Crippen molar-refractivity contribution in [3.05, 3.63) is 96.6 Å². The summed E-state index contributed by atoms with van der Waals surface area (Å²) in [7, 11) is -4.77. The number of hydrogen-bond acceptors (Lipinski definition) is 3. The molecule has 0 fully saturated rings. The van der Waals surface area contributed by atoms with Gasteiger partial charge in [-0.25, -0.2) is 0 Å². The molecule has 3 rings (SSSR count). The normalized spacial score (nSPS) is 14.2. The molecular weight excluding hydrogens is 385 g/mol. The molecule has 0 aliphatic rings. The average Bonchev–Trinajstić information content (AvgIpc) is 2.70. The minimum Gasteiger partial charge on any atom is -0.797 e. The van der Waals surface area contributed by atoms with Crippen LogP contribution in [-0.4, -0.2) is 17.4 Å². The molecule has 3 nitrogen and oxygen atoms in total. The number of rotatable bonds is 7. The van der Waals surface area contributed by atoms with Crippen LogP contribution < -0.4 is 45.1 Å². The molecule has 3 aromatic carbocycles. The molecule has 0 aliphatic heterocycles. The molecule has 0 radical (unpaired) electrons. The van der Waals surface area contributed by atoms with Crippen molar-refractivity contribution in [2.24, 2.45) is 0 Å². The Bertz CT molecular complexity index is 821. The van der Waals surface area contributed by atoms with Crippen molar-refractivity contribution in [2.45, 2.75) is 5.85 Å². The molecule has 0 spiro atoms. The Kier molecular flexibility index (Phi) is 8.92. The van der Waals surface area contributed by atoms with E-state index in [0.717, 1.165) is 10.6 Å². The van der Waals surface area contributed by atoms with Crippen LogP contribution in [0, 0.1) is 0 Å². The third-order valence-corrected chi connectivity index (χ3v) is 9.00. The Labute approximate surface area is 184 Å². The van der Waals surface area contributed by atoms with Gasteiger partial charge in [-0.15, -0.1) is 0 Å². The maximum absolute atomic E-state index is 12.7. The first kappa shape index (κ1) is 22.5. The average molecular weight is 406 g/mol. The van der Waals surface area contributed by atoms with Gasteiger partial charge in [0.15, 0.2) is 0 Å². The van der Waals surface area contributed by atoms with Gasteiger partial charge in [0, 0.05) is 7.37 Å². The molecule has 0 aliphatic carbocycles. The molecule has 0 bridgehead atoms. The summed E-state index contributed by atoms with van der Waals surface area (Å²) < 4.78 is 12.7. The molecule has 2 unspecified atom stereocenters. The number of benzene rings is 3. The molecular formula is C21H21NaO3P2. The summed E-state index contributed by atoms with van der Waals surface area (Å²) in [5, 5.41) is 12.6. The first-order valence-corrected chi connectivity index (χ1v) is 11.9. The van der Waals surface area contributed by atoms with Crippen LogP contribution in [0.2, 0.25) is 0 Å². The Morgan fingerprint density at radius 1 is 0.815 bits per heavy atom. The molecule has 1 N–H and O–H groups in total. The third-order valence-electron chi connectivity index (χ3n) is 4.24. The SMILES string of the molecule is O=P([O-])(CCP(c1ccccc1)c1ccccc1)C(O)c1ccccc1.[Na+]. The smallest absolute Gasteiger partial charge is 0.797 e. The van der Waals surface area contributed by atoms with Gasteiger partial charge in [-0.1, -0.05) is 91.0 Å². The predicted octanol–water partition coefficient (Wildman–Crippen LogP) is 0.453. The van der Waals surface area contributed by atoms with E-state index in [2.05, 4.69) is 0 Å². The first-order chi connectivity index (χ1) is 12.6. The monoisotopic (exact) mass is 406 g/mol. The summed E-state index contributed by atoms with van der Waals surface area (Å²) in [6.45, 7) is 0. The third kappa shape index (κ3) is 6.11. The van der Waals surface area contributed by atoms with Crippen LogP contribution in [0.1, 0.15) is 11.4 Å². The molecule has 27 heavy (non-hydrogen) atoms. The Morgan fingerprint density at radius 3 is 1.67 bits per heavy atom. The van der Waals surface area contributed by atoms with Crippen LogP contribution in [-0.2, 0) is 4.57 Å². The summed E-state index contributed by atoms with van der Waals surface area (Å²) in [6, 6.07) is 28.6. The number of aliphatic hydroxyl groups is 1. The topological polar surface area (TPSA) is 60.4 Å². The van der Waals surface area contributed by atoms with Crippen molar-refractivity contribution in [2.75, 3.05) is 12.3 Å². The van der Waals surface area contributed by atoms with Crippen LogP contribution in [0.4, 0.5) is 0 Å². The fourth-order valence-electron chi connectivity index (χ4n) is 2.84. The molecule has 3 aromatic rings. The zero-order chi connectivity index (χ0) is 18.4. The summed E-state index contributed by atoms with van der Waals surface area (Å²) in [5.41, 5.74) is 0.426. The molecule has 0 saturated carbocycles. The molecule has 2 atom stereocenters. The van der Waals surface area contributed by atoms with Crippen LogP contribution in [0.3, 0.4) is 0 Å². The fraction of sp³-hybridized carbons (Fsp3) is 0.143. The molecule has 0 heterocycles. The zero-order valence-electron chi connectivity index (χ0n) is 15.3. The van der Waals surface area contributed by atoms with Gasteiger partial charge in [0.2, 0.25) is 0 Å². The van der Waals surface area contributed by atoms with Gasteiger partial charge in [-0.3, -0.25) is 0 Å². The second-order valence-corrected chi connectivity index (χ2v) is 10.8. The van der Waals surface area contributed by atoms with Crippen molar-refractivity contribution in [3.63, 3.8) is 0 Å². The van der Waals surface area contributed by atoms with E-state index in [4.69, 9.17) is 0 Å². The van der Waals surface area contributed by atoms with E-state index in [1.54, 1.807) is 30.3 Å². The second kappa shape index (κ2) is 10.7. The number of hydrogen-bond donors (Lipinski definition) is 1. The molecule has 6 heteroatoms. The standard InChI is InChI=1S/C21H22O3P2.Na/c22-21(18-10-4-1-5-11-18)26(23,24)17-16-25(19-12-6-2-7-13-19)20-14-8-3-9-15-20;/h1-15,21-22H,16-17H2,(H,23,24);/q;+1/p-1. The molecule has 134 valence electrons. The zero-order valence-corrected chi connectivity index (χ0v) is 19.1. The van der Waals surface area contributed by atoms with Crippen molar-refractivity contribution in [3.8, 4) is 0 Å².